The van der Waals surface area contributed by atoms with E-state index in [2.05, 4.69) is 14.9 Å². The van der Waals surface area contributed by atoms with Gasteiger partial charge >= 0.3 is 0 Å². The second-order valence-corrected chi connectivity index (χ2v) is 5.84. The Kier molecular flexibility index (Phi) is 3.55. The van der Waals surface area contributed by atoms with Crippen LogP contribution < -0.4 is 4.72 Å². The molecule has 0 aliphatic heterocycles. The van der Waals surface area contributed by atoms with Gasteiger partial charge in [-0.3, -0.25) is 4.72 Å². The van der Waals surface area contributed by atoms with Crippen LogP contribution in [0.5, 0.6) is 0 Å². The molecule has 18 heavy (non-hydrogen) atoms. The molecule has 6 nitrogen and oxygen atoms in total. The van der Waals surface area contributed by atoms with Crippen molar-refractivity contribution >= 4 is 26.5 Å². The number of hydrogen-bond acceptors (Lipinski definition) is 6. The van der Waals surface area contributed by atoms with Gasteiger partial charge in [0.15, 0.2) is 0 Å². The van der Waals surface area contributed by atoms with Crippen molar-refractivity contribution in [1.82, 2.24) is 10.2 Å². The Balaban J connectivity index is 2.22. The number of anilines is 1. The largest absolute Gasteiger partial charge is 0.263 e. The number of sulfonamides is 1. The standard InChI is InChI=1S/C10H8N4O2S2/c11-6-5-8-1-3-9(4-2-8)18(15,16)14-10-13-12-7-17-10/h1-4,7H,5H2,(H,13,14). The van der Waals surface area contributed by atoms with E-state index in [1.807, 2.05) is 6.07 Å². The van der Waals surface area contributed by atoms with Crippen LogP contribution in [0.1, 0.15) is 5.56 Å². The van der Waals surface area contributed by atoms with Gasteiger partial charge in [0, 0.05) is 0 Å². The maximum absolute atomic E-state index is 11.9. The number of hydrogen-bond donors (Lipinski definition) is 1. The second-order valence-electron chi connectivity index (χ2n) is 3.33. The molecule has 2 aromatic rings. The van der Waals surface area contributed by atoms with Crippen molar-refractivity contribution in [1.29, 1.82) is 5.26 Å². The van der Waals surface area contributed by atoms with E-state index < -0.39 is 10.0 Å². The lowest BCUT2D eigenvalue weighted by Crippen LogP contribution is -2.12. The van der Waals surface area contributed by atoms with Gasteiger partial charge in [-0.15, -0.1) is 10.2 Å². The fourth-order valence-corrected chi connectivity index (χ4v) is 2.96. The molecule has 0 unspecified atom stereocenters. The van der Waals surface area contributed by atoms with Crippen LogP contribution in [0.25, 0.3) is 0 Å². The Bertz CT molecular complexity index is 657. The molecule has 0 saturated carbocycles. The van der Waals surface area contributed by atoms with Gasteiger partial charge in [0.25, 0.3) is 10.0 Å². The first-order valence-electron chi connectivity index (χ1n) is 4.87. The fraction of sp³-hybridized carbons (Fsp3) is 0.100. The van der Waals surface area contributed by atoms with Gasteiger partial charge in [0.2, 0.25) is 5.13 Å². The lowest BCUT2D eigenvalue weighted by atomic mass is 10.2. The Morgan fingerprint density at radius 2 is 2.06 bits per heavy atom. The van der Waals surface area contributed by atoms with Crippen LogP contribution in [0.15, 0.2) is 34.7 Å². The molecule has 0 bridgehead atoms. The van der Waals surface area contributed by atoms with Crippen molar-refractivity contribution in [2.24, 2.45) is 0 Å². The Hall–Kier alpha value is -1.98. The van der Waals surface area contributed by atoms with Crippen molar-refractivity contribution in [2.75, 3.05) is 4.72 Å². The maximum Gasteiger partial charge on any atom is 0.263 e. The number of nitrogens with one attached hydrogen (secondary N) is 1. The van der Waals surface area contributed by atoms with E-state index in [0.717, 1.165) is 16.9 Å². The topological polar surface area (TPSA) is 95.7 Å². The molecule has 0 aliphatic rings. The highest BCUT2D eigenvalue weighted by Gasteiger charge is 2.15. The molecule has 0 fully saturated rings. The third-order valence-electron chi connectivity index (χ3n) is 2.10. The van der Waals surface area contributed by atoms with Crippen LogP contribution in [-0.2, 0) is 16.4 Å². The summed E-state index contributed by atoms with van der Waals surface area (Å²) >= 11 is 1.10. The van der Waals surface area contributed by atoms with E-state index in [1.165, 1.54) is 17.6 Å². The molecule has 1 aromatic carbocycles. The van der Waals surface area contributed by atoms with E-state index >= 15 is 0 Å². The van der Waals surface area contributed by atoms with Crippen LogP contribution in [0, 0.1) is 11.3 Å². The zero-order valence-electron chi connectivity index (χ0n) is 9.07. The minimum absolute atomic E-state index is 0.124. The Morgan fingerprint density at radius 3 is 2.61 bits per heavy atom. The third-order valence-corrected chi connectivity index (χ3v) is 4.19. The first-order chi connectivity index (χ1) is 8.62. The molecule has 0 saturated heterocycles. The monoisotopic (exact) mass is 280 g/mol. The molecule has 1 aromatic heterocycles. The second kappa shape index (κ2) is 5.12. The zero-order chi connectivity index (χ0) is 13.0. The van der Waals surface area contributed by atoms with Crippen molar-refractivity contribution < 1.29 is 8.42 Å². The maximum atomic E-state index is 11.9. The van der Waals surface area contributed by atoms with E-state index in [-0.39, 0.29) is 16.4 Å². The molecule has 8 heteroatoms. The van der Waals surface area contributed by atoms with E-state index in [1.54, 1.807) is 12.1 Å². The van der Waals surface area contributed by atoms with E-state index in [0.29, 0.717) is 0 Å². The first kappa shape index (κ1) is 12.5. The molecule has 0 amide bonds. The van der Waals surface area contributed by atoms with Gasteiger partial charge < -0.3 is 0 Å². The van der Waals surface area contributed by atoms with Gasteiger partial charge in [-0.2, -0.15) is 5.26 Å². The van der Waals surface area contributed by atoms with Gasteiger partial charge in [0.05, 0.1) is 17.4 Å². The van der Waals surface area contributed by atoms with Gasteiger partial charge in [0.1, 0.15) is 5.51 Å². The molecule has 1 heterocycles. The van der Waals surface area contributed by atoms with Gasteiger partial charge in [-0.25, -0.2) is 8.42 Å². The third kappa shape index (κ3) is 2.82. The number of nitriles is 1. The molecular formula is C10H8N4O2S2. The highest BCUT2D eigenvalue weighted by atomic mass is 32.2. The lowest BCUT2D eigenvalue weighted by molar-refractivity contribution is 0.601. The van der Waals surface area contributed by atoms with Crippen molar-refractivity contribution in [2.45, 2.75) is 11.3 Å². The SMILES string of the molecule is N#CCc1ccc(S(=O)(=O)Nc2nncs2)cc1. The summed E-state index contributed by atoms with van der Waals surface area (Å²) in [5, 5.41) is 15.9. The Morgan fingerprint density at radius 1 is 1.33 bits per heavy atom. The highest BCUT2D eigenvalue weighted by Crippen LogP contribution is 2.17. The van der Waals surface area contributed by atoms with Crippen LogP contribution in [0.2, 0.25) is 0 Å². The number of aromatic nitrogens is 2. The Labute approximate surface area is 108 Å². The van der Waals surface area contributed by atoms with Crippen LogP contribution in [0.4, 0.5) is 5.13 Å². The van der Waals surface area contributed by atoms with Crippen LogP contribution in [-0.4, -0.2) is 18.6 Å². The van der Waals surface area contributed by atoms with E-state index in [9.17, 15) is 8.42 Å². The highest BCUT2D eigenvalue weighted by molar-refractivity contribution is 7.93. The molecule has 0 radical (unpaired) electrons. The summed E-state index contributed by atoms with van der Waals surface area (Å²) in [6.45, 7) is 0. The molecule has 1 N–H and O–H groups in total. The summed E-state index contributed by atoms with van der Waals surface area (Å²) in [7, 11) is -3.64. The summed E-state index contributed by atoms with van der Waals surface area (Å²) in [5.74, 6) is 0. The first-order valence-corrected chi connectivity index (χ1v) is 7.23. The fourth-order valence-electron chi connectivity index (χ4n) is 1.27. The van der Waals surface area contributed by atoms with E-state index in [4.69, 9.17) is 5.26 Å². The van der Waals surface area contributed by atoms with Gasteiger partial charge in [-0.1, -0.05) is 23.5 Å². The predicted octanol–water partition coefficient (Wildman–Crippen LogP) is 1.40. The van der Waals surface area contributed by atoms with Crippen molar-refractivity contribution in [3.63, 3.8) is 0 Å². The molecule has 92 valence electrons. The summed E-state index contributed by atoms with van der Waals surface area (Å²) in [4.78, 5) is 0.124. The summed E-state index contributed by atoms with van der Waals surface area (Å²) in [6.07, 6.45) is 0.254. The van der Waals surface area contributed by atoms with Gasteiger partial charge in [-0.05, 0) is 17.7 Å². The molecule has 0 aliphatic carbocycles. The summed E-state index contributed by atoms with van der Waals surface area (Å²) in [5.41, 5.74) is 2.21. The molecular weight excluding hydrogens is 272 g/mol. The lowest BCUT2D eigenvalue weighted by Gasteiger charge is -2.04. The van der Waals surface area contributed by atoms with Crippen molar-refractivity contribution in [3.8, 4) is 6.07 Å². The summed E-state index contributed by atoms with van der Waals surface area (Å²) < 4.78 is 26.2. The molecule has 2 rings (SSSR count). The number of nitrogens with zero attached hydrogens (tertiary/aromatic N) is 3. The minimum Gasteiger partial charge on any atom is -0.253 e. The zero-order valence-corrected chi connectivity index (χ0v) is 10.7. The summed E-state index contributed by atoms with van der Waals surface area (Å²) in [6, 6.07) is 8.12. The smallest absolute Gasteiger partial charge is 0.253 e. The van der Waals surface area contributed by atoms with Crippen molar-refractivity contribution in [3.05, 3.63) is 35.3 Å². The average molecular weight is 280 g/mol. The number of rotatable bonds is 4. The molecule has 0 atom stereocenters. The average Bonchev–Trinajstić information content (AvgIpc) is 2.82. The van der Waals surface area contributed by atoms with Crippen LogP contribution >= 0.6 is 11.3 Å². The number of benzene rings is 1. The van der Waals surface area contributed by atoms with Crippen LogP contribution in [0.3, 0.4) is 0 Å². The minimum atomic E-state index is -3.64. The predicted molar refractivity (Wildman–Crippen MR) is 66.5 cm³/mol. The quantitative estimate of drug-likeness (QED) is 0.913. The normalized spacial score (nSPS) is 10.8. The molecule has 0 spiro atoms.